The minimum atomic E-state index is -3.74. The molecule has 0 aliphatic rings. The van der Waals surface area contributed by atoms with Gasteiger partial charge in [0.1, 0.15) is 0 Å². The number of hydrogen-bond donors (Lipinski definition) is 2. The number of hydrogen-bond acceptors (Lipinski definition) is 3. The van der Waals surface area contributed by atoms with Crippen molar-refractivity contribution in [3.05, 3.63) is 59.7 Å². The summed E-state index contributed by atoms with van der Waals surface area (Å²) in [6.45, 7) is 2.12. The van der Waals surface area contributed by atoms with Crippen LogP contribution in [0.3, 0.4) is 0 Å². The fraction of sp³-hybridized carbons (Fsp3) is 0.278. The highest BCUT2D eigenvalue weighted by molar-refractivity contribution is 7.92. The molecule has 2 aromatic carbocycles. The lowest BCUT2D eigenvalue weighted by atomic mass is 10.1. The highest BCUT2D eigenvalue weighted by Gasteiger charge is 2.18. The van der Waals surface area contributed by atoms with Gasteiger partial charge in [0.05, 0.1) is 16.1 Å². The third-order valence-corrected chi connectivity index (χ3v) is 5.08. The predicted molar refractivity (Wildman–Crippen MR) is 95.7 cm³/mol. The number of carbonyl (C=O) groups is 1. The lowest BCUT2D eigenvalue weighted by molar-refractivity contribution is 0.0964. The molecule has 24 heavy (non-hydrogen) atoms. The Kier molecular flexibility index (Phi) is 5.98. The van der Waals surface area contributed by atoms with E-state index in [2.05, 4.69) is 17.0 Å². The normalized spacial score (nSPS) is 11.1. The summed E-state index contributed by atoms with van der Waals surface area (Å²) in [6, 6.07) is 13.3. The smallest absolute Gasteiger partial charge is 0.261 e. The number of aryl methyl sites for hydroxylation is 1. The third-order valence-electron chi connectivity index (χ3n) is 3.70. The summed E-state index contributed by atoms with van der Waals surface area (Å²) in [6.07, 6.45) is 3.10. The second-order valence-corrected chi connectivity index (χ2v) is 7.16. The first-order chi connectivity index (χ1) is 11.5. The summed E-state index contributed by atoms with van der Waals surface area (Å²) in [5, 5.41) is 2.50. The molecule has 128 valence electrons. The van der Waals surface area contributed by atoms with E-state index < -0.39 is 10.0 Å². The van der Waals surface area contributed by atoms with Crippen LogP contribution in [0.25, 0.3) is 0 Å². The van der Waals surface area contributed by atoms with Crippen LogP contribution in [0.2, 0.25) is 0 Å². The van der Waals surface area contributed by atoms with Gasteiger partial charge in [-0.1, -0.05) is 37.6 Å². The third kappa shape index (κ3) is 4.35. The predicted octanol–water partition coefficient (Wildman–Crippen LogP) is 3.19. The van der Waals surface area contributed by atoms with Crippen molar-refractivity contribution in [2.24, 2.45) is 0 Å². The van der Waals surface area contributed by atoms with Crippen LogP contribution in [0.4, 0.5) is 5.69 Å². The molecule has 0 aromatic heterocycles. The number of carbonyl (C=O) groups excluding carboxylic acids is 1. The molecule has 2 N–H and O–H groups in total. The first-order valence-corrected chi connectivity index (χ1v) is 9.39. The van der Waals surface area contributed by atoms with Gasteiger partial charge in [0.2, 0.25) is 0 Å². The van der Waals surface area contributed by atoms with Crippen LogP contribution in [-0.2, 0) is 16.4 Å². The zero-order chi connectivity index (χ0) is 17.6. The average Bonchev–Trinajstić information content (AvgIpc) is 2.60. The van der Waals surface area contributed by atoms with Crippen LogP contribution < -0.4 is 10.0 Å². The van der Waals surface area contributed by atoms with Crippen LogP contribution in [0.15, 0.2) is 53.4 Å². The van der Waals surface area contributed by atoms with Crippen LogP contribution in [0.5, 0.6) is 0 Å². The molecule has 0 saturated heterocycles. The van der Waals surface area contributed by atoms with Gasteiger partial charge >= 0.3 is 0 Å². The molecule has 0 atom stereocenters. The minimum absolute atomic E-state index is 0.175. The van der Waals surface area contributed by atoms with E-state index in [9.17, 15) is 13.2 Å². The van der Waals surface area contributed by atoms with Crippen molar-refractivity contribution in [1.29, 1.82) is 0 Å². The first kappa shape index (κ1) is 18.0. The Labute approximate surface area is 143 Å². The molecular formula is C18H22N2O3S. The largest absolute Gasteiger partial charge is 0.355 e. The zero-order valence-electron chi connectivity index (χ0n) is 13.9. The number of nitrogens with one attached hydrogen (secondary N) is 2. The Hall–Kier alpha value is -2.34. The van der Waals surface area contributed by atoms with Gasteiger partial charge in [-0.25, -0.2) is 8.42 Å². The molecule has 0 heterocycles. The van der Waals surface area contributed by atoms with Crippen molar-refractivity contribution in [3.8, 4) is 0 Å². The Morgan fingerprint density at radius 2 is 1.71 bits per heavy atom. The van der Waals surface area contributed by atoms with Crippen LogP contribution >= 0.6 is 0 Å². The number of unbranched alkanes of at least 4 members (excludes halogenated alkanes) is 1. The van der Waals surface area contributed by atoms with Crippen LogP contribution in [-0.4, -0.2) is 21.4 Å². The highest BCUT2D eigenvalue weighted by atomic mass is 32.2. The summed E-state index contributed by atoms with van der Waals surface area (Å²) < 4.78 is 27.6. The molecule has 0 fully saturated rings. The van der Waals surface area contributed by atoms with Gasteiger partial charge in [0, 0.05) is 7.05 Å². The fourth-order valence-corrected chi connectivity index (χ4v) is 3.40. The molecule has 0 aliphatic heterocycles. The van der Waals surface area contributed by atoms with E-state index in [1.807, 2.05) is 12.1 Å². The SMILES string of the molecule is CCCCc1ccc(S(=O)(=O)Nc2ccccc2C(=O)NC)cc1. The lowest BCUT2D eigenvalue weighted by Gasteiger charge is -2.12. The fourth-order valence-electron chi connectivity index (χ4n) is 2.32. The quantitative estimate of drug-likeness (QED) is 0.808. The van der Waals surface area contributed by atoms with Gasteiger partial charge in [0.15, 0.2) is 0 Å². The minimum Gasteiger partial charge on any atom is -0.355 e. The topological polar surface area (TPSA) is 75.3 Å². The zero-order valence-corrected chi connectivity index (χ0v) is 14.7. The van der Waals surface area contributed by atoms with Crippen LogP contribution in [0, 0.1) is 0 Å². The second-order valence-electron chi connectivity index (χ2n) is 5.48. The van der Waals surface area contributed by atoms with Gasteiger partial charge in [-0.05, 0) is 42.7 Å². The van der Waals surface area contributed by atoms with Crippen molar-refractivity contribution in [2.45, 2.75) is 31.1 Å². The van der Waals surface area contributed by atoms with E-state index in [0.717, 1.165) is 24.8 Å². The Morgan fingerprint density at radius 1 is 1.04 bits per heavy atom. The maximum Gasteiger partial charge on any atom is 0.261 e. The Bertz CT molecular complexity index is 799. The standard InChI is InChI=1S/C18H22N2O3S/c1-3-4-7-14-10-12-15(13-11-14)24(22,23)20-17-9-6-5-8-16(17)18(21)19-2/h5-6,8-13,20H,3-4,7H2,1-2H3,(H,19,21). The number of anilines is 1. The maximum atomic E-state index is 12.5. The molecule has 0 aliphatic carbocycles. The summed E-state index contributed by atoms with van der Waals surface area (Å²) in [5.74, 6) is -0.344. The molecule has 0 spiro atoms. The molecule has 2 rings (SSSR count). The number of benzene rings is 2. The molecule has 0 radical (unpaired) electrons. The highest BCUT2D eigenvalue weighted by Crippen LogP contribution is 2.20. The average molecular weight is 346 g/mol. The summed E-state index contributed by atoms with van der Waals surface area (Å²) >= 11 is 0. The van der Waals surface area contributed by atoms with Gasteiger partial charge in [0.25, 0.3) is 15.9 Å². The van der Waals surface area contributed by atoms with E-state index in [1.165, 1.54) is 7.05 Å². The second kappa shape index (κ2) is 7.97. The molecule has 5 nitrogen and oxygen atoms in total. The monoisotopic (exact) mass is 346 g/mol. The summed E-state index contributed by atoms with van der Waals surface area (Å²) in [7, 11) is -2.24. The molecule has 0 saturated carbocycles. The van der Waals surface area contributed by atoms with Crippen molar-refractivity contribution in [1.82, 2.24) is 5.32 Å². The Morgan fingerprint density at radius 3 is 2.33 bits per heavy atom. The van der Waals surface area contributed by atoms with Crippen molar-refractivity contribution in [3.63, 3.8) is 0 Å². The molecule has 2 aromatic rings. The summed E-state index contributed by atoms with van der Waals surface area (Å²) in [4.78, 5) is 12.0. The van der Waals surface area contributed by atoms with Gasteiger partial charge in [-0.15, -0.1) is 0 Å². The Balaban J connectivity index is 2.24. The molecular weight excluding hydrogens is 324 g/mol. The first-order valence-electron chi connectivity index (χ1n) is 7.91. The molecule has 6 heteroatoms. The number of para-hydroxylation sites is 1. The maximum absolute atomic E-state index is 12.5. The van der Waals surface area contributed by atoms with Crippen molar-refractivity contribution < 1.29 is 13.2 Å². The van der Waals surface area contributed by atoms with E-state index in [-0.39, 0.29) is 22.1 Å². The van der Waals surface area contributed by atoms with Gasteiger partial charge in [-0.3, -0.25) is 9.52 Å². The van der Waals surface area contributed by atoms with Crippen molar-refractivity contribution in [2.75, 3.05) is 11.8 Å². The number of sulfonamides is 1. The summed E-state index contributed by atoms with van der Waals surface area (Å²) in [5.41, 5.74) is 1.65. The lowest BCUT2D eigenvalue weighted by Crippen LogP contribution is -2.21. The van der Waals surface area contributed by atoms with E-state index in [4.69, 9.17) is 0 Å². The van der Waals surface area contributed by atoms with Gasteiger partial charge < -0.3 is 5.32 Å². The molecule has 1 amide bonds. The van der Waals surface area contributed by atoms with Crippen molar-refractivity contribution >= 4 is 21.6 Å². The number of amides is 1. The molecule has 0 bridgehead atoms. The number of rotatable bonds is 7. The van der Waals surface area contributed by atoms with E-state index >= 15 is 0 Å². The van der Waals surface area contributed by atoms with Gasteiger partial charge in [-0.2, -0.15) is 0 Å². The molecule has 0 unspecified atom stereocenters. The van der Waals surface area contributed by atoms with E-state index in [0.29, 0.717) is 0 Å². The van der Waals surface area contributed by atoms with E-state index in [1.54, 1.807) is 36.4 Å². The van der Waals surface area contributed by atoms with Crippen LogP contribution in [0.1, 0.15) is 35.7 Å².